The predicted molar refractivity (Wildman–Crippen MR) is 154 cm³/mol. The summed E-state index contributed by atoms with van der Waals surface area (Å²) in [5.74, 6) is 0. The van der Waals surface area contributed by atoms with E-state index in [2.05, 4.69) is 126 Å². The largest absolute Gasteiger partial charge is 0.344 e. The van der Waals surface area contributed by atoms with Crippen LogP contribution in [0.25, 0.3) is 22.3 Å². The summed E-state index contributed by atoms with van der Waals surface area (Å²) in [5.41, 5.74) is 8.22. The molecule has 4 aromatic rings. The first kappa shape index (κ1) is 25.6. The molecule has 1 aliphatic rings. The summed E-state index contributed by atoms with van der Waals surface area (Å²) in [4.78, 5) is 5.39. The molecule has 0 spiro atoms. The van der Waals surface area contributed by atoms with Gasteiger partial charge in [0.25, 0.3) is 0 Å². The maximum atomic E-state index is 2.32. The van der Waals surface area contributed by atoms with Crippen molar-refractivity contribution in [2.75, 3.05) is 0 Å². The normalized spacial score (nSPS) is 13.0. The molecule has 4 aromatic carbocycles. The smallest absolute Gasteiger partial charge is 0.0347 e. The van der Waals surface area contributed by atoms with E-state index in [0.717, 1.165) is 0 Å². The molecular formula is C32H35NS2. The molecule has 0 aliphatic carbocycles. The number of hydrogen-bond donors (Lipinski definition) is 1. The molecule has 0 atom stereocenters. The number of fused-ring (bicyclic) bond motifs is 2. The van der Waals surface area contributed by atoms with E-state index >= 15 is 0 Å². The van der Waals surface area contributed by atoms with Crippen LogP contribution in [0, 0.1) is 0 Å². The highest BCUT2D eigenvalue weighted by molar-refractivity contribution is 8.05. The van der Waals surface area contributed by atoms with Gasteiger partial charge in [-0.1, -0.05) is 132 Å². The molecule has 5 rings (SSSR count). The van der Waals surface area contributed by atoms with Crippen LogP contribution in [0.3, 0.4) is 0 Å². The lowest BCUT2D eigenvalue weighted by Gasteiger charge is -2.25. The third-order valence-corrected chi connectivity index (χ3v) is 9.10. The van der Waals surface area contributed by atoms with Crippen LogP contribution in [0.5, 0.6) is 0 Å². The Morgan fingerprint density at radius 1 is 0.486 bits per heavy atom. The second kappa shape index (κ2) is 9.54. The van der Waals surface area contributed by atoms with E-state index in [1.807, 2.05) is 23.5 Å². The van der Waals surface area contributed by atoms with Crippen molar-refractivity contribution in [2.45, 2.75) is 72.0 Å². The van der Waals surface area contributed by atoms with Crippen molar-refractivity contribution in [3.05, 3.63) is 96.1 Å². The quantitative estimate of drug-likeness (QED) is 0.263. The van der Waals surface area contributed by atoms with Gasteiger partial charge in [0, 0.05) is 25.1 Å². The van der Waals surface area contributed by atoms with E-state index in [4.69, 9.17) is 0 Å². The molecule has 0 saturated carbocycles. The van der Waals surface area contributed by atoms with Crippen molar-refractivity contribution in [3.8, 4) is 22.3 Å². The van der Waals surface area contributed by atoms with E-state index in [1.54, 1.807) is 0 Å². The molecule has 3 heteroatoms. The second-order valence-corrected chi connectivity index (χ2v) is 13.3. The highest BCUT2D eigenvalue weighted by atomic mass is 32.2. The topological polar surface area (TPSA) is 35.0 Å². The Labute approximate surface area is 219 Å². The van der Waals surface area contributed by atoms with Crippen LogP contribution < -0.4 is 6.15 Å². The first-order valence-electron chi connectivity index (χ1n) is 11.9. The van der Waals surface area contributed by atoms with E-state index < -0.39 is 0 Å². The van der Waals surface area contributed by atoms with Gasteiger partial charge in [0.15, 0.2) is 0 Å². The third-order valence-electron chi connectivity index (χ3n) is 6.50. The van der Waals surface area contributed by atoms with Crippen LogP contribution in [-0.2, 0) is 10.8 Å². The van der Waals surface area contributed by atoms with Crippen molar-refractivity contribution in [1.29, 1.82) is 0 Å². The zero-order chi connectivity index (χ0) is 24.1. The average molecular weight is 498 g/mol. The highest BCUT2D eigenvalue weighted by Crippen LogP contribution is 2.54. The molecule has 1 nitrogen and oxygen atoms in total. The highest BCUT2D eigenvalue weighted by Gasteiger charge is 2.24. The monoisotopic (exact) mass is 497 g/mol. The lowest BCUT2D eigenvalue weighted by Crippen LogP contribution is -2.10. The summed E-state index contributed by atoms with van der Waals surface area (Å²) in [5, 5.41) is 0. The summed E-state index contributed by atoms with van der Waals surface area (Å²) in [6.07, 6.45) is 0. The number of rotatable bonds is 2. The summed E-state index contributed by atoms with van der Waals surface area (Å²) < 4.78 is 0. The second-order valence-electron chi connectivity index (χ2n) is 11.1. The van der Waals surface area contributed by atoms with Gasteiger partial charge in [0.05, 0.1) is 0 Å². The molecule has 0 amide bonds. The van der Waals surface area contributed by atoms with Crippen LogP contribution in [-0.4, -0.2) is 0 Å². The molecule has 0 unspecified atom stereocenters. The Bertz CT molecular complexity index is 1340. The molecule has 0 saturated heterocycles. The van der Waals surface area contributed by atoms with Crippen molar-refractivity contribution in [2.24, 2.45) is 0 Å². The Kier molecular flexibility index (Phi) is 6.98. The maximum Gasteiger partial charge on any atom is 0.0347 e. The SMILES string of the molecule is CC(C)(C)c1ccc(-c2ccc3c(c2-c2ccc(C(C)(C)C)cc2)Sc2ccccc2S3)cc1.N. The van der Waals surface area contributed by atoms with Gasteiger partial charge in [-0.15, -0.1) is 0 Å². The van der Waals surface area contributed by atoms with Gasteiger partial charge >= 0.3 is 0 Å². The van der Waals surface area contributed by atoms with Crippen LogP contribution in [0.1, 0.15) is 52.7 Å². The molecule has 0 radical (unpaired) electrons. The van der Waals surface area contributed by atoms with Crippen LogP contribution >= 0.6 is 23.5 Å². The van der Waals surface area contributed by atoms with Gasteiger partial charge in [-0.3, -0.25) is 0 Å². The summed E-state index contributed by atoms with van der Waals surface area (Å²) in [7, 11) is 0. The van der Waals surface area contributed by atoms with Gasteiger partial charge in [0.2, 0.25) is 0 Å². The fourth-order valence-corrected chi connectivity index (χ4v) is 6.82. The Morgan fingerprint density at radius 2 is 0.971 bits per heavy atom. The van der Waals surface area contributed by atoms with Gasteiger partial charge in [-0.25, -0.2) is 0 Å². The van der Waals surface area contributed by atoms with Gasteiger partial charge in [-0.2, -0.15) is 0 Å². The average Bonchev–Trinajstić information content (AvgIpc) is 2.81. The zero-order valence-corrected chi connectivity index (χ0v) is 23.2. The lowest BCUT2D eigenvalue weighted by atomic mass is 9.84. The van der Waals surface area contributed by atoms with Crippen molar-refractivity contribution >= 4 is 23.5 Å². The lowest BCUT2D eigenvalue weighted by molar-refractivity contribution is 0.590. The molecule has 0 bridgehead atoms. The molecule has 0 fully saturated rings. The van der Waals surface area contributed by atoms with E-state index in [9.17, 15) is 0 Å². The van der Waals surface area contributed by atoms with E-state index in [0.29, 0.717) is 0 Å². The maximum absolute atomic E-state index is 2.32. The van der Waals surface area contributed by atoms with Crippen LogP contribution in [0.15, 0.2) is 105 Å². The predicted octanol–water partition coefficient (Wildman–Crippen LogP) is 10.4. The van der Waals surface area contributed by atoms with Crippen molar-refractivity contribution in [1.82, 2.24) is 6.15 Å². The minimum absolute atomic E-state index is 0. The number of benzene rings is 4. The molecule has 1 aliphatic heterocycles. The van der Waals surface area contributed by atoms with Gasteiger partial charge in [-0.05, 0) is 56.8 Å². The molecular weight excluding hydrogens is 462 g/mol. The fourth-order valence-electron chi connectivity index (χ4n) is 4.41. The van der Waals surface area contributed by atoms with E-state index in [1.165, 1.54) is 53.0 Å². The molecule has 1 heterocycles. The standard InChI is InChI=1S/C32H32S2.H3N/c1-31(2,3)23-15-11-21(12-16-23)25-19-20-28-30(34-27-10-8-7-9-26(27)33-28)29(25)22-13-17-24(18-14-22)32(4,5)6;/h7-20H,1-6H3;1H3. The molecule has 3 N–H and O–H groups in total. The fraction of sp³-hybridized carbons (Fsp3) is 0.250. The van der Waals surface area contributed by atoms with Crippen LogP contribution in [0.2, 0.25) is 0 Å². The third kappa shape index (κ3) is 5.09. The Morgan fingerprint density at radius 3 is 1.49 bits per heavy atom. The minimum Gasteiger partial charge on any atom is -0.344 e. The molecule has 180 valence electrons. The minimum atomic E-state index is 0. The summed E-state index contributed by atoms with van der Waals surface area (Å²) >= 11 is 3.80. The first-order chi connectivity index (χ1) is 16.1. The van der Waals surface area contributed by atoms with Crippen molar-refractivity contribution < 1.29 is 0 Å². The summed E-state index contributed by atoms with van der Waals surface area (Å²) in [6, 6.07) is 31.8. The summed E-state index contributed by atoms with van der Waals surface area (Å²) in [6.45, 7) is 13.6. The van der Waals surface area contributed by atoms with Crippen LogP contribution in [0.4, 0.5) is 0 Å². The Balaban J connectivity index is 0.00000289. The number of hydrogen-bond acceptors (Lipinski definition) is 3. The van der Waals surface area contributed by atoms with E-state index in [-0.39, 0.29) is 17.0 Å². The van der Waals surface area contributed by atoms with Crippen molar-refractivity contribution in [3.63, 3.8) is 0 Å². The zero-order valence-electron chi connectivity index (χ0n) is 21.6. The van der Waals surface area contributed by atoms with Gasteiger partial charge in [0.1, 0.15) is 0 Å². The molecule has 0 aromatic heterocycles. The first-order valence-corrected chi connectivity index (χ1v) is 13.6. The van der Waals surface area contributed by atoms with Gasteiger partial charge < -0.3 is 6.15 Å². The molecule has 35 heavy (non-hydrogen) atoms. The Hall–Kier alpha value is -2.46.